The van der Waals surface area contributed by atoms with Crippen LogP contribution in [0.5, 0.6) is 0 Å². The van der Waals surface area contributed by atoms with Crippen LogP contribution in [-0.2, 0) is 4.74 Å². The molecule has 0 aromatic carbocycles. The number of hydrogen-bond acceptors (Lipinski definition) is 4. The van der Waals surface area contributed by atoms with Gasteiger partial charge in [-0.3, -0.25) is 4.79 Å². The molecule has 1 fully saturated rings. The first-order valence-corrected chi connectivity index (χ1v) is 8.00. The van der Waals surface area contributed by atoms with E-state index in [-0.39, 0.29) is 17.0 Å². The molecule has 2 amide bonds. The summed E-state index contributed by atoms with van der Waals surface area (Å²) in [6.45, 7) is 7.17. The SMILES string of the molecule is CC(C)(C)OC(=O)NC[C@H]1CCN(C(=O)c2cccnc2Cl)C1. The molecule has 126 valence electrons. The van der Waals surface area contributed by atoms with Crippen LogP contribution in [0.15, 0.2) is 18.3 Å². The lowest BCUT2D eigenvalue weighted by Crippen LogP contribution is -2.36. The number of aromatic nitrogens is 1. The fourth-order valence-corrected chi connectivity index (χ4v) is 2.64. The first-order chi connectivity index (χ1) is 10.8. The van der Waals surface area contributed by atoms with Crippen molar-refractivity contribution in [3.05, 3.63) is 29.0 Å². The molecule has 0 unspecified atom stereocenters. The molecule has 7 heteroatoms. The second-order valence-electron chi connectivity index (χ2n) is 6.63. The smallest absolute Gasteiger partial charge is 0.407 e. The number of carbonyl (C=O) groups excluding carboxylic acids is 2. The Morgan fingerprint density at radius 2 is 2.22 bits per heavy atom. The van der Waals surface area contributed by atoms with Gasteiger partial charge in [-0.05, 0) is 45.2 Å². The summed E-state index contributed by atoms with van der Waals surface area (Å²) in [4.78, 5) is 29.8. The van der Waals surface area contributed by atoms with Crippen LogP contribution in [0.2, 0.25) is 5.15 Å². The average molecular weight is 340 g/mol. The van der Waals surface area contributed by atoms with Crippen molar-refractivity contribution in [1.29, 1.82) is 0 Å². The highest BCUT2D eigenvalue weighted by atomic mass is 35.5. The van der Waals surface area contributed by atoms with Crippen LogP contribution in [0.1, 0.15) is 37.6 Å². The van der Waals surface area contributed by atoms with Crippen molar-refractivity contribution in [3.63, 3.8) is 0 Å². The molecule has 1 atom stereocenters. The van der Waals surface area contributed by atoms with Gasteiger partial charge in [0, 0.05) is 25.8 Å². The van der Waals surface area contributed by atoms with E-state index in [9.17, 15) is 9.59 Å². The quantitative estimate of drug-likeness (QED) is 0.859. The van der Waals surface area contributed by atoms with Crippen LogP contribution in [0.25, 0.3) is 0 Å². The monoisotopic (exact) mass is 339 g/mol. The third-order valence-corrected chi connectivity index (χ3v) is 3.80. The third kappa shape index (κ3) is 5.10. The van der Waals surface area contributed by atoms with E-state index in [1.165, 1.54) is 0 Å². The van der Waals surface area contributed by atoms with E-state index in [0.717, 1.165) is 6.42 Å². The maximum atomic E-state index is 12.4. The van der Waals surface area contributed by atoms with Gasteiger partial charge in [-0.15, -0.1) is 0 Å². The van der Waals surface area contributed by atoms with Gasteiger partial charge in [0.05, 0.1) is 5.56 Å². The Hall–Kier alpha value is -1.82. The summed E-state index contributed by atoms with van der Waals surface area (Å²) in [5, 5.41) is 2.97. The van der Waals surface area contributed by atoms with Gasteiger partial charge in [0.15, 0.2) is 0 Å². The number of likely N-dealkylation sites (tertiary alicyclic amines) is 1. The summed E-state index contributed by atoms with van der Waals surface area (Å²) in [5.41, 5.74) is -0.103. The lowest BCUT2D eigenvalue weighted by molar-refractivity contribution is 0.0520. The molecule has 1 saturated heterocycles. The Balaban J connectivity index is 1.83. The van der Waals surface area contributed by atoms with Crippen molar-refractivity contribution in [1.82, 2.24) is 15.2 Å². The maximum absolute atomic E-state index is 12.4. The van der Waals surface area contributed by atoms with Gasteiger partial charge in [-0.25, -0.2) is 9.78 Å². The minimum absolute atomic E-state index is 0.122. The topological polar surface area (TPSA) is 71.5 Å². The van der Waals surface area contributed by atoms with Crippen LogP contribution in [-0.4, -0.2) is 47.1 Å². The summed E-state index contributed by atoms with van der Waals surface area (Å²) in [5.74, 6) is 0.0878. The zero-order chi connectivity index (χ0) is 17.0. The van der Waals surface area contributed by atoms with E-state index in [1.807, 2.05) is 20.8 Å². The number of halogens is 1. The number of nitrogens with zero attached hydrogens (tertiary/aromatic N) is 2. The molecule has 0 aliphatic carbocycles. The molecule has 0 bridgehead atoms. The fraction of sp³-hybridized carbons (Fsp3) is 0.562. The second kappa shape index (κ2) is 7.17. The molecule has 0 radical (unpaired) electrons. The number of carbonyl (C=O) groups is 2. The number of alkyl carbamates (subject to hydrolysis) is 1. The molecule has 1 aromatic rings. The Kier molecular flexibility index (Phi) is 5.46. The van der Waals surface area contributed by atoms with Crippen molar-refractivity contribution in [2.75, 3.05) is 19.6 Å². The predicted molar refractivity (Wildman–Crippen MR) is 87.5 cm³/mol. The molecular weight excluding hydrogens is 318 g/mol. The summed E-state index contributed by atoms with van der Waals surface area (Å²) < 4.78 is 5.20. The number of nitrogens with one attached hydrogen (secondary N) is 1. The first kappa shape index (κ1) is 17.5. The minimum Gasteiger partial charge on any atom is -0.444 e. The van der Waals surface area contributed by atoms with Crippen LogP contribution < -0.4 is 5.32 Å². The zero-order valence-corrected chi connectivity index (χ0v) is 14.4. The predicted octanol–water partition coefficient (Wildman–Crippen LogP) is 2.72. The van der Waals surface area contributed by atoms with Gasteiger partial charge in [-0.1, -0.05) is 11.6 Å². The Bertz CT molecular complexity index is 586. The molecule has 0 saturated carbocycles. The van der Waals surface area contributed by atoms with Gasteiger partial charge in [0.25, 0.3) is 5.91 Å². The van der Waals surface area contributed by atoms with E-state index < -0.39 is 11.7 Å². The van der Waals surface area contributed by atoms with Crippen molar-refractivity contribution in [2.24, 2.45) is 5.92 Å². The average Bonchev–Trinajstić information content (AvgIpc) is 2.92. The fourth-order valence-electron chi connectivity index (χ4n) is 2.44. The number of amides is 2. The largest absolute Gasteiger partial charge is 0.444 e. The molecule has 1 aromatic heterocycles. The highest BCUT2D eigenvalue weighted by Crippen LogP contribution is 2.21. The Morgan fingerprint density at radius 1 is 1.48 bits per heavy atom. The Morgan fingerprint density at radius 3 is 2.87 bits per heavy atom. The van der Waals surface area contributed by atoms with E-state index in [4.69, 9.17) is 16.3 Å². The maximum Gasteiger partial charge on any atom is 0.407 e. The molecule has 1 aliphatic rings. The van der Waals surface area contributed by atoms with Gasteiger partial charge in [-0.2, -0.15) is 0 Å². The summed E-state index contributed by atoms with van der Waals surface area (Å²) >= 11 is 5.97. The molecule has 1 aliphatic heterocycles. The van der Waals surface area contributed by atoms with Crippen molar-refractivity contribution < 1.29 is 14.3 Å². The molecule has 2 heterocycles. The van der Waals surface area contributed by atoms with Gasteiger partial charge >= 0.3 is 6.09 Å². The van der Waals surface area contributed by atoms with Crippen molar-refractivity contribution in [3.8, 4) is 0 Å². The van der Waals surface area contributed by atoms with E-state index in [0.29, 0.717) is 25.2 Å². The van der Waals surface area contributed by atoms with Gasteiger partial charge in [0.2, 0.25) is 0 Å². The summed E-state index contributed by atoms with van der Waals surface area (Å²) in [6, 6.07) is 3.36. The second-order valence-corrected chi connectivity index (χ2v) is 6.99. The number of ether oxygens (including phenoxy) is 1. The minimum atomic E-state index is -0.515. The molecule has 23 heavy (non-hydrogen) atoms. The van der Waals surface area contributed by atoms with Crippen LogP contribution in [0.3, 0.4) is 0 Å². The summed E-state index contributed by atoms with van der Waals surface area (Å²) in [6.07, 6.45) is 1.95. The third-order valence-electron chi connectivity index (χ3n) is 3.50. The van der Waals surface area contributed by atoms with Crippen molar-refractivity contribution >= 4 is 23.6 Å². The van der Waals surface area contributed by atoms with Crippen LogP contribution in [0, 0.1) is 5.92 Å². The highest BCUT2D eigenvalue weighted by Gasteiger charge is 2.28. The van der Waals surface area contributed by atoms with Gasteiger partial charge < -0.3 is 15.0 Å². The molecule has 1 N–H and O–H groups in total. The molecule has 0 spiro atoms. The van der Waals surface area contributed by atoms with Crippen LogP contribution in [0.4, 0.5) is 4.79 Å². The number of hydrogen-bond donors (Lipinski definition) is 1. The molecule has 2 rings (SSSR count). The van der Waals surface area contributed by atoms with Crippen LogP contribution >= 0.6 is 11.6 Å². The number of pyridine rings is 1. The summed E-state index contributed by atoms with van der Waals surface area (Å²) in [7, 11) is 0. The highest BCUT2D eigenvalue weighted by molar-refractivity contribution is 6.32. The van der Waals surface area contributed by atoms with Gasteiger partial charge in [0.1, 0.15) is 10.8 Å². The lowest BCUT2D eigenvalue weighted by atomic mass is 10.1. The van der Waals surface area contributed by atoms with Crippen molar-refractivity contribution in [2.45, 2.75) is 32.8 Å². The first-order valence-electron chi connectivity index (χ1n) is 7.63. The number of rotatable bonds is 3. The zero-order valence-electron chi connectivity index (χ0n) is 13.6. The normalized spacial score (nSPS) is 17.9. The molecule has 6 nitrogen and oxygen atoms in total. The molecular formula is C16H22ClN3O3. The van der Waals surface area contributed by atoms with E-state index >= 15 is 0 Å². The Labute approximate surface area is 141 Å². The standard InChI is InChI=1S/C16H22ClN3O3/c1-16(2,3)23-15(22)19-9-11-6-8-20(10-11)14(21)12-5-4-7-18-13(12)17/h4-5,7,11H,6,8-10H2,1-3H3,(H,19,22)/t11-/m1/s1. The lowest BCUT2D eigenvalue weighted by Gasteiger charge is -2.21. The van der Waals surface area contributed by atoms with E-state index in [1.54, 1.807) is 23.2 Å². The van der Waals surface area contributed by atoms with E-state index in [2.05, 4.69) is 10.3 Å².